The fraction of sp³-hybridized carbons (Fsp3) is 0.182. The zero-order valence-electron chi connectivity index (χ0n) is 8.47. The molecule has 0 atom stereocenters. The summed E-state index contributed by atoms with van der Waals surface area (Å²) in [7, 11) is 0. The van der Waals surface area contributed by atoms with Crippen LogP contribution in [0.3, 0.4) is 0 Å². The van der Waals surface area contributed by atoms with E-state index in [0.29, 0.717) is 5.56 Å². The number of hydrogen-bond acceptors (Lipinski definition) is 2. The summed E-state index contributed by atoms with van der Waals surface area (Å²) in [6, 6.07) is 3.23. The first-order chi connectivity index (χ1) is 7.34. The van der Waals surface area contributed by atoms with Crippen molar-refractivity contribution in [1.29, 1.82) is 0 Å². The van der Waals surface area contributed by atoms with Gasteiger partial charge in [-0.05, 0) is 17.7 Å². The van der Waals surface area contributed by atoms with Gasteiger partial charge < -0.3 is 4.74 Å². The van der Waals surface area contributed by atoms with Gasteiger partial charge in [-0.25, -0.2) is 0 Å². The molecule has 0 bridgehead atoms. The summed E-state index contributed by atoms with van der Waals surface area (Å²) >= 11 is 0. The summed E-state index contributed by atoms with van der Waals surface area (Å²) in [5.74, 6) is -1.30. The topological polar surface area (TPSA) is 26.3 Å². The van der Waals surface area contributed by atoms with Gasteiger partial charge in [0, 0.05) is 6.92 Å². The van der Waals surface area contributed by atoms with Gasteiger partial charge in [0.15, 0.2) is 0 Å². The van der Waals surface area contributed by atoms with E-state index < -0.39 is 23.5 Å². The van der Waals surface area contributed by atoms with Gasteiger partial charge in [0.1, 0.15) is 5.75 Å². The lowest BCUT2D eigenvalue weighted by molar-refractivity contribution is -0.141. The predicted octanol–water partition coefficient (Wildman–Crippen LogP) is 3.27. The number of benzene rings is 1. The standard InChI is InChI=1S/C11H9F3O2/c1-3-8-4-5-9(11(12,13)14)10(6-8)16-7(2)15/h3-6H,1H2,2H3. The molecule has 0 heterocycles. The average molecular weight is 230 g/mol. The van der Waals surface area contributed by atoms with Crippen molar-refractivity contribution < 1.29 is 22.7 Å². The van der Waals surface area contributed by atoms with Crippen molar-refractivity contribution in [1.82, 2.24) is 0 Å². The minimum atomic E-state index is -4.55. The van der Waals surface area contributed by atoms with E-state index in [1.54, 1.807) is 0 Å². The molecule has 0 unspecified atom stereocenters. The fourth-order valence-corrected chi connectivity index (χ4v) is 1.14. The third-order valence-corrected chi connectivity index (χ3v) is 1.80. The Morgan fingerprint density at radius 2 is 2.06 bits per heavy atom. The van der Waals surface area contributed by atoms with Gasteiger partial charge in [0.25, 0.3) is 0 Å². The molecule has 1 rings (SSSR count). The highest BCUT2D eigenvalue weighted by atomic mass is 19.4. The van der Waals surface area contributed by atoms with Crippen molar-refractivity contribution in [2.75, 3.05) is 0 Å². The van der Waals surface area contributed by atoms with Crippen molar-refractivity contribution in [3.63, 3.8) is 0 Å². The molecule has 0 N–H and O–H groups in total. The number of halogens is 3. The number of carbonyl (C=O) groups excluding carboxylic acids is 1. The molecule has 1 aromatic rings. The van der Waals surface area contributed by atoms with Crippen LogP contribution in [-0.2, 0) is 11.0 Å². The molecule has 0 fully saturated rings. The number of alkyl halides is 3. The van der Waals surface area contributed by atoms with E-state index in [-0.39, 0.29) is 0 Å². The monoisotopic (exact) mass is 230 g/mol. The molecule has 16 heavy (non-hydrogen) atoms. The average Bonchev–Trinajstić information content (AvgIpc) is 2.14. The van der Waals surface area contributed by atoms with Crippen LogP contribution in [-0.4, -0.2) is 5.97 Å². The molecule has 0 amide bonds. The van der Waals surface area contributed by atoms with Crippen LogP contribution in [0.5, 0.6) is 5.75 Å². The molecule has 0 aromatic heterocycles. The highest BCUT2D eigenvalue weighted by Crippen LogP contribution is 2.36. The molecule has 86 valence electrons. The van der Waals surface area contributed by atoms with Crippen molar-refractivity contribution in [2.24, 2.45) is 0 Å². The Labute approximate surface area is 90.3 Å². The second-order valence-corrected chi connectivity index (χ2v) is 3.05. The number of rotatable bonds is 2. The van der Waals surface area contributed by atoms with Gasteiger partial charge in [-0.1, -0.05) is 18.7 Å². The van der Waals surface area contributed by atoms with Gasteiger partial charge in [-0.2, -0.15) is 13.2 Å². The lowest BCUT2D eigenvalue weighted by Crippen LogP contribution is -2.11. The van der Waals surface area contributed by atoms with E-state index in [1.165, 1.54) is 12.1 Å². The smallest absolute Gasteiger partial charge is 0.419 e. The van der Waals surface area contributed by atoms with Crippen LogP contribution in [0.15, 0.2) is 24.8 Å². The lowest BCUT2D eigenvalue weighted by atomic mass is 10.1. The Hall–Kier alpha value is -1.78. The second kappa shape index (κ2) is 4.38. The van der Waals surface area contributed by atoms with Gasteiger partial charge >= 0.3 is 12.1 Å². The van der Waals surface area contributed by atoms with Gasteiger partial charge in [-0.15, -0.1) is 0 Å². The second-order valence-electron chi connectivity index (χ2n) is 3.05. The van der Waals surface area contributed by atoms with Crippen LogP contribution < -0.4 is 4.74 Å². The molecule has 0 radical (unpaired) electrons. The summed E-state index contributed by atoms with van der Waals surface area (Å²) < 4.78 is 42.1. The van der Waals surface area contributed by atoms with Crippen molar-refractivity contribution in [2.45, 2.75) is 13.1 Å². The first-order valence-corrected chi connectivity index (χ1v) is 4.36. The minimum absolute atomic E-state index is 0.448. The Balaban J connectivity index is 3.26. The van der Waals surface area contributed by atoms with E-state index >= 15 is 0 Å². The fourth-order valence-electron chi connectivity index (χ4n) is 1.14. The summed E-state index contributed by atoms with van der Waals surface area (Å²) in [4.78, 5) is 10.7. The van der Waals surface area contributed by atoms with Crippen molar-refractivity contribution >= 4 is 12.0 Å². The molecule has 0 aliphatic carbocycles. The van der Waals surface area contributed by atoms with Crippen LogP contribution in [0.4, 0.5) is 13.2 Å². The molecule has 2 nitrogen and oxygen atoms in total. The predicted molar refractivity (Wildman–Crippen MR) is 52.8 cm³/mol. The molecule has 5 heteroatoms. The zero-order chi connectivity index (χ0) is 12.3. The number of ether oxygens (including phenoxy) is 1. The van der Waals surface area contributed by atoms with Crippen molar-refractivity contribution in [3.8, 4) is 5.75 Å². The summed E-state index contributed by atoms with van der Waals surface area (Å²) in [5, 5.41) is 0. The first-order valence-electron chi connectivity index (χ1n) is 4.36. The third-order valence-electron chi connectivity index (χ3n) is 1.80. The van der Waals surface area contributed by atoms with Crippen LogP contribution in [0.25, 0.3) is 6.08 Å². The van der Waals surface area contributed by atoms with Crippen LogP contribution in [0, 0.1) is 0 Å². The maximum Gasteiger partial charge on any atom is 0.419 e. The highest BCUT2D eigenvalue weighted by Gasteiger charge is 2.34. The van der Waals surface area contributed by atoms with Crippen LogP contribution >= 0.6 is 0 Å². The quantitative estimate of drug-likeness (QED) is 0.575. The van der Waals surface area contributed by atoms with Crippen LogP contribution in [0.1, 0.15) is 18.1 Å². The zero-order valence-corrected chi connectivity index (χ0v) is 8.47. The maximum absolute atomic E-state index is 12.5. The third kappa shape index (κ3) is 2.85. The highest BCUT2D eigenvalue weighted by molar-refractivity contribution is 5.70. The normalized spacial score (nSPS) is 11.0. The largest absolute Gasteiger partial charge is 0.426 e. The van der Waals surface area contributed by atoms with Gasteiger partial charge in [0.2, 0.25) is 0 Å². The molecular formula is C11H9F3O2. The van der Waals surface area contributed by atoms with Gasteiger partial charge in [0.05, 0.1) is 5.56 Å². The van der Waals surface area contributed by atoms with Gasteiger partial charge in [-0.3, -0.25) is 4.79 Å². The Morgan fingerprint density at radius 1 is 1.44 bits per heavy atom. The lowest BCUT2D eigenvalue weighted by Gasteiger charge is -2.12. The maximum atomic E-state index is 12.5. The van der Waals surface area contributed by atoms with E-state index in [9.17, 15) is 18.0 Å². The van der Waals surface area contributed by atoms with E-state index in [2.05, 4.69) is 11.3 Å². The van der Waals surface area contributed by atoms with E-state index in [4.69, 9.17) is 0 Å². The van der Waals surface area contributed by atoms with E-state index in [0.717, 1.165) is 19.1 Å². The Kier molecular flexibility index (Phi) is 3.37. The molecule has 0 spiro atoms. The molecule has 0 saturated carbocycles. The van der Waals surface area contributed by atoms with E-state index in [1.807, 2.05) is 0 Å². The number of hydrogen-bond donors (Lipinski definition) is 0. The molecule has 0 aliphatic rings. The number of esters is 1. The number of carbonyl (C=O) groups is 1. The Morgan fingerprint density at radius 3 is 2.50 bits per heavy atom. The van der Waals surface area contributed by atoms with Crippen LogP contribution in [0.2, 0.25) is 0 Å². The first kappa shape index (κ1) is 12.3. The summed E-state index contributed by atoms with van der Waals surface area (Å²) in [5.41, 5.74) is -0.530. The Bertz CT molecular complexity index is 422. The summed E-state index contributed by atoms with van der Waals surface area (Å²) in [6.45, 7) is 4.46. The molecule has 1 aromatic carbocycles. The molecule has 0 aliphatic heterocycles. The summed E-state index contributed by atoms with van der Waals surface area (Å²) in [6.07, 6.45) is -3.18. The van der Waals surface area contributed by atoms with Crippen molar-refractivity contribution in [3.05, 3.63) is 35.9 Å². The molecule has 0 saturated heterocycles. The SMILES string of the molecule is C=Cc1ccc(C(F)(F)F)c(OC(C)=O)c1. The minimum Gasteiger partial charge on any atom is -0.426 e. The molecular weight excluding hydrogens is 221 g/mol.